The third-order valence-corrected chi connectivity index (χ3v) is 4.58. The van der Waals surface area contributed by atoms with Gasteiger partial charge in [-0.2, -0.15) is 5.10 Å². The van der Waals surface area contributed by atoms with Gasteiger partial charge in [-0.1, -0.05) is 6.07 Å². The quantitative estimate of drug-likeness (QED) is 0.770. The SMILES string of the molecule is Cc1cnn(-c2cccc(N3CCCC(c4ocnc4C(=O)O)C3)n2)c1. The molecule has 1 unspecified atom stereocenters. The lowest BCUT2D eigenvalue weighted by Gasteiger charge is -2.32. The summed E-state index contributed by atoms with van der Waals surface area (Å²) in [6.45, 7) is 3.49. The zero-order chi connectivity index (χ0) is 18.1. The van der Waals surface area contributed by atoms with E-state index in [4.69, 9.17) is 9.40 Å². The van der Waals surface area contributed by atoms with Gasteiger partial charge in [0.1, 0.15) is 11.6 Å². The number of carbonyl (C=O) groups is 1. The Morgan fingerprint density at radius 2 is 2.19 bits per heavy atom. The fourth-order valence-corrected chi connectivity index (χ4v) is 3.36. The van der Waals surface area contributed by atoms with Crippen molar-refractivity contribution >= 4 is 11.8 Å². The minimum absolute atomic E-state index is 0.00516. The van der Waals surface area contributed by atoms with Gasteiger partial charge in [-0.15, -0.1) is 0 Å². The highest BCUT2D eigenvalue weighted by Gasteiger charge is 2.29. The van der Waals surface area contributed by atoms with Gasteiger partial charge in [-0.05, 0) is 37.5 Å². The van der Waals surface area contributed by atoms with Crippen molar-refractivity contribution in [3.8, 4) is 5.82 Å². The first-order valence-corrected chi connectivity index (χ1v) is 8.52. The van der Waals surface area contributed by atoms with Crippen LogP contribution in [0.1, 0.15) is 40.6 Å². The number of aromatic carboxylic acids is 1. The van der Waals surface area contributed by atoms with Gasteiger partial charge in [-0.3, -0.25) is 0 Å². The molecular formula is C18H19N5O3. The maximum Gasteiger partial charge on any atom is 0.358 e. The fourth-order valence-electron chi connectivity index (χ4n) is 3.36. The van der Waals surface area contributed by atoms with Crippen molar-refractivity contribution in [1.82, 2.24) is 19.7 Å². The second-order valence-electron chi connectivity index (χ2n) is 6.47. The van der Waals surface area contributed by atoms with Crippen LogP contribution in [-0.2, 0) is 0 Å². The molecule has 134 valence electrons. The second-order valence-corrected chi connectivity index (χ2v) is 6.47. The van der Waals surface area contributed by atoms with E-state index in [1.165, 1.54) is 6.39 Å². The summed E-state index contributed by atoms with van der Waals surface area (Å²) in [6.07, 6.45) is 6.72. The number of hydrogen-bond donors (Lipinski definition) is 1. The standard InChI is InChI=1S/C18H19N5O3/c1-12-8-20-23(9-12)15-6-2-5-14(21-15)22-7-3-4-13(10-22)17-16(18(24)25)19-11-26-17/h2,5-6,8-9,11,13H,3-4,7,10H2,1H3,(H,24,25). The molecule has 0 amide bonds. The monoisotopic (exact) mass is 353 g/mol. The average Bonchev–Trinajstić information content (AvgIpc) is 3.31. The van der Waals surface area contributed by atoms with Crippen LogP contribution in [0.4, 0.5) is 5.82 Å². The number of hydrogen-bond acceptors (Lipinski definition) is 6. The minimum Gasteiger partial charge on any atom is -0.476 e. The van der Waals surface area contributed by atoms with Crippen LogP contribution in [0.2, 0.25) is 0 Å². The summed E-state index contributed by atoms with van der Waals surface area (Å²) < 4.78 is 7.14. The van der Waals surface area contributed by atoms with E-state index in [2.05, 4.69) is 15.0 Å². The molecular weight excluding hydrogens is 334 g/mol. The van der Waals surface area contributed by atoms with Crippen LogP contribution in [0.15, 0.2) is 41.4 Å². The Hall–Kier alpha value is -3.16. The molecule has 1 aliphatic heterocycles. The van der Waals surface area contributed by atoms with E-state index in [9.17, 15) is 9.90 Å². The molecule has 1 saturated heterocycles. The molecule has 3 aromatic heterocycles. The molecule has 0 spiro atoms. The number of aryl methyl sites for hydroxylation is 1. The smallest absolute Gasteiger partial charge is 0.358 e. The number of oxazole rings is 1. The van der Waals surface area contributed by atoms with Gasteiger partial charge in [0.25, 0.3) is 0 Å². The Morgan fingerprint density at radius 1 is 1.35 bits per heavy atom. The van der Waals surface area contributed by atoms with Gasteiger partial charge in [-0.25, -0.2) is 19.4 Å². The molecule has 0 saturated carbocycles. The Labute approximate surface area is 150 Å². The van der Waals surface area contributed by atoms with Crippen LogP contribution < -0.4 is 4.90 Å². The summed E-state index contributed by atoms with van der Waals surface area (Å²) in [6, 6.07) is 5.83. The van der Waals surface area contributed by atoms with Gasteiger partial charge in [0, 0.05) is 25.2 Å². The van der Waals surface area contributed by atoms with E-state index in [1.807, 2.05) is 31.3 Å². The van der Waals surface area contributed by atoms with Crippen LogP contribution >= 0.6 is 0 Å². The Balaban J connectivity index is 1.58. The average molecular weight is 353 g/mol. The number of rotatable bonds is 4. The zero-order valence-electron chi connectivity index (χ0n) is 14.4. The predicted octanol–water partition coefficient (Wildman–Crippen LogP) is 2.65. The molecule has 0 aromatic carbocycles. The van der Waals surface area contributed by atoms with Crippen LogP contribution in [0.5, 0.6) is 0 Å². The van der Waals surface area contributed by atoms with E-state index in [0.29, 0.717) is 12.3 Å². The molecule has 8 heteroatoms. The van der Waals surface area contributed by atoms with E-state index in [-0.39, 0.29) is 11.6 Å². The minimum atomic E-state index is -1.06. The summed E-state index contributed by atoms with van der Waals surface area (Å²) in [5, 5.41) is 13.6. The molecule has 4 heterocycles. The van der Waals surface area contributed by atoms with Crippen LogP contribution in [0.3, 0.4) is 0 Å². The van der Waals surface area contributed by atoms with Gasteiger partial charge >= 0.3 is 5.97 Å². The van der Waals surface area contributed by atoms with E-state index in [1.54, 1.807) is 10.9 Å². The molecule has 0 aliphatic carbocycles. The molecule has 1 N–H and O–H groups in total. The Morgan fingerprint density at radius 3 is 2.96 bits per heavy atom. The van der Waals surface area contributed by atoms with Crippen molar-refractivity contribution in [3.63, 3.8) is 0 Å². The van der Waals surface area contributed by atoms with Crippen molar-refractivity contribution in [2.24, 2.45) is 0 Å². The van der Waals surface area contributed by atoms with Crippen molar-refractivity contribution in [2.45, 2.75) is 25.7 Å². The number of carboxylic acids is 1. The molecule has 8 nitrogen and oxygen atoms in total. The van der Waals surface area contributed by atoms with Gasteiger partial charge < -0.3 is 14.4 Å². The van der Waals surface area contributed by atoms with Crippen molar-refractivity contribution < 1.29 is 14.3 Å². The summed E-state index contributed by atoms with van der Waals surface area (Å²) >= 11 is 0. The van der Waals surface area contributed by atoms with Crippen LogP contribution in [-0.4, -0.2) is 43.9 Å². The molecule has 1 fully saturated rings. The Bertz CT molecular complexity index is 932. The molecule has 4 rings (SSSR count). The summed E-state index contributed by atoms with van der Waals surface area (Å²) in [5.41, 5.74) is 1.08. The highest BCUT2D eigenvalue weighted by atomic mass is 16.4. The highest BCUT2D eigenvalue weighted by Crippen LogP contribution is 2.31. The van der Waals surface area contributed by atoms with Crippen LogP contribution in [0.25, 0.3) is 5.82 Å². The third-order valence-electron chi connectivity index (χ3n) is 4.58. The first kappa shape index (κ1) is 16.3. The molecule has 0 radical (unpaired) electrons. The fraction of sp³-hybridized carbons (Fsp3) is 0.333. The number of anilines is 1. The van der Waals surface area contributed by atoms with Crippen molar-refractivity contribution in [1.29, 1.82) is 0 Å². The van der Waals surface area contributed by atoms with Crippen molar-refractivity contribution in [3.05, 3.63) is 54.0 Å². The normalized spacial score (nSPS) is 17.4. The lowest BCUT2D eigenvalue weighted by Crippen LogP contribution is -2.35. The number of nitrogens with zero attached hydrogens (tertiary/aromatic N) is 5. The zero-order valence-corrected chi connectivity index (χ0v) is 14.4. The summed E-state index contributed by atoms with van der Waals surface area (Å²) in [5.74, 6) is 0.969. The molecule has 3 aromatic rings. The topological polar surface area (TPSA) is 97.3 Å². The maximum absolute atomic E-state index is 11.3. The first-order valence-electron chi connectivity index (χ1n) is 8.52. The lowest BCUT2D eigenvalue weighted by atomic mass is 9.94. The maximum atomic E-state index is 11.3. The number of piperidine rings is 1. The second kappa shape index (κ2) is 6.62. The van der Waals surface area contributed by atoms with Crippen molar-refractivity contribution in [2.75, 3.05) is 18.0 Å². The van der Waals surface area contributed by atoms with Gasteiger partial charge in [0.05, 0.1) is 6.20 Å². The lowest BCUT2D eigenvalue weighted by molar-refractivity contribution is 0.0687. The predicted molar refractivity (Wildman–Crippen MR) is 93.7 cm³/mol. The van der Waals surface area contributed by atoms with E-state index >= 15 is 0 Å². The number of aromatic nitrogens is 4. The number of pyridine rings is 1. The molecule has 0 bridgehead atoms. The highest BCUT2D eigenvalue weighted by molar-refractivity contribution is 5.86. The summed E-state index contributed by atoms with van der Waals surface area (Å²) in [4.78, 5) is 22.0. The molecule has 1 atom stereocenters. The van der Waals surface area contributed by atoms with Gasteiger partial charge in [0.2, 0.25) is 0 Å². The van der Waals surface area contributed by atoms with E-state index < -0.39 is 5.97 Å². The third kappa shape index (κ3) is 3.05. The summed E-state index contributed by atoms with van der Waals surface area (Å²) in [7, 11) is 0. The Kier molecular flexibility index (Phi) is 4.16. The molecule has 1 aliphatic rings. The largest absolute Gasteiger partial charge is 0.476 e. The van der Waals surface area contributed by atoms with Crippen LogP contribution in [0, 0.1) is 6.92 Å². The number of carboxylic acid groups (broad SMARTS) is 1. The van der Waals surface area contributed by atoms with Gasteiger partial charge in [0.15, 0.2) is 17.9 Å². The van der Waals surface area contributed by atoms with E-state index in [0.717, 1.165) is 36.6 Å². The molecule has 26 heavy (non-hydrogen) atoms. The first-order chi connectivity index (χ1) is 12.6.